The molecule has 1 aliphatic rings. The van der Waals surface area contributed by atoms with Crippen LogP contribution in [0, 0.1) is 3.57 Å². The quantitative estimate of drug-likeness (QED) is 0.236. The van der Waals surface area contributed by atoms with Gasteiger partial charge in [-0.05, 0) is 85.2 Å². The molecule has 0 unspecified atom stereocenters. The zero-order chi connectivity index (χ0) is 25.8. The molecule has 8 nitrogen and oxygen atoms in total. The van der Waals surface area contributed by atoms with Gasteiger partial charge in [0.15, 0.2) is 17.6 Å². The number of ether oxygens (including phenoxy) is 2. The maximum absolute atomic E-state index is 13.5. The van der Waals surface area contributed by atoms with E-state index in [2.05, 4.69) is 43.6 Å². The van der Waals surface area contributed by atoms with Crippen molar-refractivity contribution in [3.8, 4) is 11.5 Å². The third-order valence-electron chi connectivity index (χ3n) is 6.10. The van der Waals surface area contributed by atoms with Crippen molar-refractivity contribution >= 4 is 61.6 Å². The van der Waals surface area contributed by atoms with Crippen LogP contribution in [0.25, 0.3) is 10.9 Å². The van der Waals surface area contributed by atoms with E-state index in [1.54, 1.807) is 18.3 Å². The van der Waals surface area contributed by atoms with Crippen molar-refractivity contribution < 1.29 is 19.4 Å². The smallest absolute Gasteiger partial charge is 0.344 e. The molecule has 0 radical (unpaired) electrons. The van der Waals surface area contributed by atoms with E-state index >= 15 is 0 Å². The number of aromatic nitrogens is 2. The van der Waals surface area contributed by atoms with Crippen LogP contribution in [0.4, 0.5) is 0 Å². The summed E-state index contributed by atoms with van der Waals surface area (Å²) in [5.74, 6) is 0.565. The monoisotopic (exact) mass is 667 g/mol. The fraction of sp³-hybridized carbons (Fsp3) is 0.385. The van der Waals surface area contributed by atoms with Crippen molar-refractivity contribution in [2.75, 3.05) is 6.61 Å². The number of carbonyl (C=O) groups is 1. The summed E-state index contributed by atoms with van der Waals surface area (Å²) >= 11 is 5.53. The van der Waals surface area contributed by atoms with Crippen LogP contribution in [-0.2, 0) is 4.79 Å². The molecule has 0 amide bonds. The van der Waals surface area contributed by atoms with E-state index in [9.17, 15) is 14.7 Å². The van der Waals surface area contributed by atoms with Crippen LogP contribution in [0.3, 0.4) is 0 Å². The van der Waals surface area contributed by atoms with Crippen molar-refractivity contribution in [2.24, 2.45) is 5.10 Å². The molecular formula is C26H27BrIN3O5. The summed E-state index contributed by atoms with van der Waals surface area (Å²) in [6, 6.07) is 9.06. The summed E-state index contributed by atoms with van der Waals surface area (Å²) in [7, 11) is 0. The molecule has 0 aliphatic heterocycles. The van der Waals surface area contributed by atoms with E-state index < -0.39 is 12.1 Å². The van der Waals surface area contributed by atoms with Crippen LogP contribution < -0.4 is 15.0 Å². The molecule has 0 spiro atoms. The highest BCUT2D eigenvalue weighted by Gasteiger charge is 2.23. The van der Waals surface area contributed by atoms with Crippen LogP contribution >= 0.6 is 38.5 Å². The van der Waals surface area contributed by atoms with Gasteiger partial charge in [0.1, 0.15) is 5.82 Å². The number of benzene rings is 2. The molecule has 1 aromatic heterocycles. The van der Waals surface area contributed by atoms with Crippen LogP contribution in [-0.4, -0.2) is 39.7 Å². The van der Waals surface area contributed by atoms with Crippen LogP contribution in [0.15, 0.2) is 44.7 Å². The number of carboxylic acid groups (broad SMARTS) is 1. The van der Waals surface area contributed by atoms with E-state index in [-0.39, 0.29) is 11.5 Å². The lowest BCUT2D eigenvalue weighted by Gasteiger charge is -2.22. The Balaban J connectivity index is 1.79. The first kappa shape index (κ1) is 26.6. The number of aliphatic carboxylic acids is 1. The maximum atomic E-state index is 13.5. The van der Waals surface area contributed by atoms with Gasteiger partial charge in [0.2, 0.25) is 0 Å². The summed E-state index contributed by atoms with van der Waals surface area (Å²) < 4.78 is 14.3. The third kappa shape index (κ3) is 5.91. The molecule has 1 N–H and O–H groups in total. The molecule has 1 saturated carbocycles. The van der Waals surface area contributed by atoms with Gasteiger partial charge >= 0.3 is 5.97 Å². The first-order chi connectivity index (χ1) is 17.3. The van der Waals surface area contributed by atoms with Crippen molar-refractivity contribution in [3.63, 3.8) is 0 Å². The van der Waals surface area contributed by atoms with Gasteiger partial charge in [0.05, 0.1) is 27.3 Å². The van der Waals surface area contributed by atoms with Crippen molar-refractivity contribution in [2.45, 2.75) is 58.0 Å². The SMILES string of the molecule is CCOc1cc(C=Nn2c(C3CCCCC3)nc3ccc(Br)cc3c2=O)cc(I)c1O[C@H](C)C(=O)O. The van der Waals surface area contributed by atoms with Crippen LogP contribution in [0.1, 0.15) is 63.3 Å². The Morgan fingerprint density at radius 1 is 1.31 bits per heavy atom. The van der Waals surface area contributed by atoms with Gasteiger partial charge in [0, 0.05) is 10.4 Å². The number of rotatable bonds is 8. The summed E-state index contributed by atoms with van der Waals surface area (Å²) in [6.45, 7) is 3.68. The molecule has 0 bridgehead atoms. The lowest BCUT2D eigenvalue weighted by molar-refractivity contribution is -0.144. The highest BCUT2D eigenvalue weighted by Crippen LogP contribution is 2.35. The minimum Gasteiger partial charge on any atom is -0.490 e. The summed E-state index contributed by atoms with van der Waals surface area (Å²) in [6.07, 6.45) is 5.93. The normalized spacial score (nSPS) is 15.3. The van der Waals surface area contributed by atoms with Gasteiger partial charge in [-0.2, -0.15) is 9.78 Å². The minimum absolute atomic E-state index is 0.170. The fourth-order valence-corrected chi connectivity index (χ4v) is 5.41. The van der Waals surface area contributed by atoms with Crippen LogP contribution in [0.5, 0.6) is 11.5 Å². The van der Waals surface area contributed by atoms with Gasteiger partial charge in [-0.3, -0.25) is 4.79 Å². The predicted molar refractivity (Wildman–Crippen MR) is 151 cm³/mol. The summed E-state index contributed by atoms with van der Waals surface area (Å²) in [4.78, 5) is 29.7. The Bertz CT molecular complexity index is 1370. The molecule has 1 fully saturated rings. The molecule has 3 aromatic rings. The molecule has 1 heterocycles. The number of fused-ring (bicyclic) bond motifs is 1. The molecule has 10 heteroatoms. The van der Waals surface area contributed by atoms with Crippen molar-refractivity contribution in [3.05, 3.63) is 60.1 Å². The van der Waals surface area contributed by atoms with Gasteiger partial charge in [-0.1, -0.05) is 35.2 Å². The Kier molecular flexibility index (Phi) is 8.66. The topological polar surface area (TPSA) is 103 Å². The number of hydrogen-bond acceptors (Lipinski definition) is 6. The van der Waals surface area contributed by atoms with Crippen molar-refractivity contribution in [1.29, 1.82) is 0 Å². The Morgan fingerprint density at radius 2 is 2.06 bits per heavy atom. The number of hydrogen-bond donors (Lipinski definition) is 1. The van der Waals surface area contributed by atoms with E-state index in [0.717, 1.165) is 30.2 Å². The molecule has 1 atom stereocenters. The number of nitrogens with zero attached hydrogens (tertiary/aromatic N) is 3. The Morgan fingerprint density at radius 3 is 2.75 bits per heavy atom. The standard InChI is InChI=1S/C26H27BrIN3O5/c1-3-35-22-12-16(11-20(28)23(22)36-15(2)26(33)34)14-29-31-24(17-7-5-4-6-8-17)30-21-10-9-18(27)13-19(21)25(31)32/h9-15,17H,3-8H2,1-2H3,(H,33,34)/t15-/m1/s1. The average molecular weight is 668 g/mol. The van der Waals surface area contributed by atoms with Gasteiger partial charge in [0.25, 0.3) is 5.56 Å². The summed E-state index contributed by atoms with van der Waals surface area (Å²) in [5.41, 5.74) is 1.14. The lowest BCUT2D eigenvalue weighted by atomic mass is 9.88. The van der Waals surface area contributed by atoms with Gasteiger partial charge < -0.3 is 14.6 Å². The largest absolute Gasteiger partial charge is 0.490 e. The molecule has 1 aliphatic carbocycles. The molecule has 36 heavy (non-hydrogen) atoms. The molecule has 2 aromatic carbocycles. The lowest BCUT2D eigenvalue weighted by Crippen LogP contribution is -2.25. The second-order valence-corrected chi connectivity index (χ2v) is 10.8. The van der Waals surface area contributed by atoms with E-state index in [1.165, 1.54) is 18.0 Å². The highest BCUT2D eigenvalue weighted by molar-refractivity contribution is 14.1. The van der Waals surface area contributed by atoms with Crippen LogP contribution in [0.2, 0.25) is 0 Å². The van der Waals surface area contributed by atoms with Crippen molar-refractivity contribution in [1.82, 2.24) is 9.66 Å². The predicted octanol–water partition coefficient (Wildman–Crippen LogP) is 5.94. The first-order valence-electron chi connectivity index (χ1n) is 11.9. The van der Waals surface area contributed by atoms with Gasteiger partial charge in [-0.15, -0.1) is 0 Å². The minimum atomic E-state index is -1.07. The fourth-order valence-electron chi connectivity index (χ4n) is 4.29. The van der Waals surface area contributed by atoms with Gasteiger partial charge in [-0.25, -0.2) is 9.78 Å². The molecule has 4 rings (SSSR count). The zero-order valence-corrected chi connectivity index (χ0v) is 23.8. The Labute approximate surface area is 231 Å². The molecular weight excluding hydrogens is 641 g/mol. The molecule has 190 valence electrons. The number of carboxylic acids is 1. The van der Waals surface area contributed by atoms with E-state index in [1.807, 2.05) is 25.1 Å². The second kappa shape index (κ2) is 11.7. The summed E-state index contributed by atoms with van der Waals surface area (Å²) in [5, 5.41) is 14.3. The first-order valence-corrected chi connectivity index (χ1v) is 13.8. The maximum Gasteiger partial charge on any atom is 0.344 e. The second-order valence-electron chi connectivity index (χ2n) is 8.69. The van der Waals surface area contributed by atoms with E-state index in [0.29, 0.717) is 44.0 Å². The molecule has 0 saturated heterocycles. The third-order valence-corrected chi connectivity index (χ3v) is 7.39. The zero-order valence-electron chi connectivity index (χ0n) is 20.0. The van der Waals surface area contributed by atoms with E-state index in [4.69, 9.17) is 14.5 Å². The highest BCUT2D eigenvalue weighted by atomic mass is 127. The Hall–Kier alpha value is -2.47. The average Bonchev–Trinajstić information content (AvgIpc) is 2.86. The number of halogens is 2.